The number of hydrogen-bond donors (Lipinski definition) is 3. The van der Waals surface area contributed by atoms with E-state index in [0.717, 1.165) is 27.3 Å². The predicted octanol–water partition coefficient (Wildman–Crippen LogP) is 5.33. The molecule has 42 heavy (non-hydrogen) atoms. The quantitative estimate of drug-likeness (QED) is 0.254. The van der Waals surface area contributed by atoms with Gasteiger partial charge in [-0.3, -0.25) is 19.3 Å². The van der Waals surface area contributed by atoms with Crippen molar-refractivity contribution in [3.63, 3.8) is 0 Å². The molecule has 3 amide bonds. The first-order valence-electron chi connectivity index (χ1n) is 13.4. The third-order valence-electron chi connectivity index (χ3n) is 7.13. The molecule has 9 heteroatoms. The van der Waals surface area contributed by atoms with Crippen LogP contribution in [0.25, 0.3) is 22.4 Å². The Morgan fingerprint density at radius 1 is 0.857 bits per heavy atom. The van der Waals surface area contributed by atoms with Gasteiger partial charge in [-0.25, -0.2) is 4.98 Å². The number of carbonyl (C=O) groups is 3. The third-order valence-corrected chi connectivity index (χ3v) is 7.98. The van der Waals surface area contributed by atoms with E-state index in [4.69, 9.17) is 5.73 Å². The summed E-state index contributed by atoms with van der Waals surface area (Å²) in [5.74, 6) is -0.914. The first-order chi connectivity index (χ1) is 20.5. The number of anilines is 2. The van der Waals surface area contributed by atoms with Gasteiger partial charge >= 0.3 is 0 Å². The van der Waals surface area contributed by atoms with Crippen LogP contribution in [-0.2, 0) is 11.2 Å². The van der Waals surface area contributed by atoms with Gasteiger partial charge in [-0.1, -0.05) is 66.7 Å². The van der Waals surface area contributed by atoms with Gasteiger partial charge in [0.1, 0.15) is 6.17 Å². The third kappa shape index (κ3) is 5.30. The number of nitrogens with two attached hydrogens (primary N) is 1. The van der Waals surface area contributed by atoms with E-state index in [0.29, 0.717) is 28.9 Å². The summed E-state index contributed by atoms with van der Waals surface area (Å²) in [6, 6.07) is 31.4. The zero-order chi connectivity index (χ0) is 29.1. The molecule has 6 rings (SSSR count). The van der Waals surface area contributed by atoms with Gasteiger partial charge in [0.2, 0.25) is 5.91 Å². The van der Waals surface area contributed by atoms with Crippen molar-refractivity contribution in [1.29, 1.82) is 0 Å². The molecule has 0 saturated heterocycles. The SMILES string of the molecule is NCC(=O)NC1Cc2scnc2-c2ccccc2N1C(=O)c1ccc(NC(=O)c2ccccc2-c2ccccc2)cc1. The highest BCUT2D eigenvalue weighted by Crippen LogP contribution is 2.39. The first kappa shape index (κ1) is 27.1. The monoisotopic (exact) mass is 573 g/mol. The number of fused-ring (bicyclic) bond motifs is 3. The highest BCUT2D eigenvalue weighted by Gasteiger charge is 2.34. The molecule has 208 valence electrons. The van der Waals surface area contributed by atoms with Crippen LogP contribution in [0.4, 0.5) is 11.4 Å². The van der Waals surface area contributed by atoms with Gasteiger partial charge in [0.05, 0.1) is 23.4 Å². The summed E-state index contributed by atoms with van der Waals surface area (Å²) in [6.45, 7) is -0.197. The number of nitrogens with zero attached hydrogens (tertiary/aromatic N) is 2. The Kier molecular flexibility index (Phi) is 7.59. The maximum atomic E-state index is 14.1. The lowest BCUT2D eigenvalue weighted by molar-refractivity contribution is -0.120. The highest BCUT2D eigenvalue weighted by molar-refractivity contribution is 7.10. The lowest BCUT2D eigenvalue weighted by Gasteiger charge is -2.32. The van der Waals surface area contributed by atoms with Crippen LogP contribution in [-0.4, -0.2) is 35.4 Å². The number of nitrogens with one attached hydrogen (secondary N) is 2. The van der Waals surface area contributed by atoms with E-state index >= 15 is 0 Å². The molecule has 1 aromatic heterocycles. The van der Waals surface area contributed by atoms with Crippen LogP contribution >= 0.6 is 11.3 Å². The Labute approximate surface area is 246 Å². The molecule has 8 nitrogen and oxygen atoms in total. The van der Waals surface area contributed by atoms with E-state index < -0.39 is 6.17 Å². The molecular weight excluding hydrogens is 546 g/mol. The lowest BCUT2D eigenvalue weighted by atomic mass is 9.99. The van der Waals surface area contributed by atoms with Crippen LogP contribution in [0.1, 0.15) is 25.6 Å². The van der Waals surface area contributed by atoms with Crippen LogP contribution in [0.3, 0.4) is 0 Å². The van der Waals surface area contributed by atoms with E-state index in [2.05, 4.69) is 15.6 Å². The largest absolute Gasteiger partial charge is 0.334 e. The molecule has 0 spiro atoms. The summed E-state index contributed by atoms with van der Waals surface area (Å²) >= 11 is 1.48. The van der Waals surface area contributed by atoms with Crippen LogP contribution < -0.4 is 21.3 Å². The maximum absolute atomic E-state index is 14.1. The molecule has 1 aliphatic rings. The molecule has 1 aliphatic heterocycles. The zero-order valence-electron chi connectivity index (χ0n) is 22.5. The van der Waals surface area contributed by atoms with Crippen LogP contribution in [0, 0.1) is 0 Å². The molecule has 4 N–H and O–H groups in total. The highest BCUT2D eigenvalue weighted by atomic mass is 32.1. The molecule has 4 aromatic carbocycles. The maximum Gasteiger partial charge on any atom is 0.260 e. The molecular formula is C33H27N5O3S. The Balaban J connectivity index is 1.28. The predicted molar refractivity (Wildman–Crippen MR) is 165 cm³/mol. The van der Waals surface area contributed by atoms with Crippen molar-refractivity contribution in [2.75, 3.05) is 16.8 Å². The summed E-state index contributed by atoms with van der Waals surface area (Å²) in [7, 11) is 0. The molecule has 0 fully saturated rings. The first-order valence-corrected chi connectivity index (χ1v) is 14.3. The summed E-state index contributed by atoms with van der Waals surface area (Å²) in [5.41, 5.74) is 12.9. The molecule has 1 atom stereocenters. The summed E-state index contributed by atoms with van der Waals surface area (Å²) in [5, 5.41) is 5.87. The van der Waals surface area contributed by atoms with Crippen LogP contribution in [0.5, 0.6) is 0 Å². The fourth-order valence-corrected chi connectivity index (χ4v) is 5.96. The van der Waals surface area contributed by atoms with Crippen molar-refractivity contribution >= 4 is 40.4 Å². The Morgan fingerprint density at radius 2 is 1.55 bits per heavy atom. The second-order valence-electron chi connectivity index (χ2n) is 9.75. The average Bonchev–Trinajstić information content (AvgIpc) is 3.45. The van der Waals surface area contributed by atoms with Crippen molar-refractivity contribution in [2.45, 2.75) is 12.6 Å². The lowest BCUT2D eigenvalue weighted by Crippen LogP contribution is -2.53. The van der Waals surface area contributed by atoms with Crippen LogP contribution in [0.2, 0.25) is 0 Å². The van der Waals surface area contributed by atoms with E-state index in [1.807, 2.05) is 72.8 Å². The fraction of sp³-hybridized carbons (Fsp3) is 0.0909. The Morgan fingerprint density at radius 3 is 2.31 bits per heavy atom. The number of amides is 3. The summed E-state index contributed by atoms with van der Waals surface area (Å²) in [4.78, 5) is 46.9. The van der Waals surface area contributed by atoms with Crippen molar-refractivity contribution in [3.05, 3.63) is 125 Å². The number of carbonyl (C=O) groups excluding carboxylic acids is 3. The number of hydrogen-bond acceptors (Lipinski definition) is 6. The summed E-state index contributed by atoms with van der Waals surface area (Å²) in [6.07, 6.45) is -0.272. The van der Waals surface area contributed by atoms with Gasteiger partial charge in [-0.05, 0) is 47.5 Å². The standard InChI is InChI=1S/C33H27N5O3S/c34-19-30(39)37-29-18-28-31(35-20-42-28)26-12-6-7-13-27(26)38(29)33(41)22-14-16-23(17-15-22)36-32(40)25-11-5-4-10-24(25)21-8-2-1-3-9-21/h1-17,20,29H,18-19,34H2,(H,36,40)(H,37,39). The molecule has 0 aliphatic carbocycles. The molecule has 0 radical (unpaired) electrons. The Hall–Kier alpha value is -5.12. The number of thiazole rings is 1. The second-order valence-corrected chi connectivity index (χ2v) is 10.7. The fourth-order valence-electron chi connectivity index (χ4n) is 5.15. The second kappa shape index (κ2) is 11.8. The van der Waals surface area contributed by atoms with Crippen LogP contribution in [0.15, 0.2) is 109 Å². The van der Waals surface area contributed by atoms with Gasteiger partial charge in [-0.2, -0.15) is 0 Å². The molecule has 5 aromatic rings. The number of rotatable bonds is 6. The van der Waals surface area contributed by atoms with Gasteiger partial charge in [-0.15, -0.1) is 11.3 Å². The number of para-hydroxylation sites is 1. The minimum atomic E-state index is -0.662. The van der Waals surface area contributed by atoms with Crippen molar-refractivity contribution in [2.24, 2.45) is 5.73 Å². The van der Waals surface area contributed by atoms with E-state index in [-0.39, 0.29) is 24.3 Å². The Bertz CT molecular complexity index is 1770. The van der Waals surface area contributed by atoms with E-state index in [1.165, 1.54) is 11.3 Å². The van der Waals surface area contributed by atoms with E-state index in [1.54, 1.807) is 40.7 Å². The average molecular weight is 574 g/mol. The van der Waals surface area contributed by atoms with Crippen molar-refractivity contribution in [3.8, 4) is 22.4 Å². The van der Waals surface area contributed by atoms with Gasteiger partial charge in [0.15, 0.2) is 0 Å². The topological polar surface area (TPSA) is 117 Å². The smallest absolute Gasteiger partial charge is 0.260 e. The number of benzene rings is 4. The van der Waals surface area contributed by atoms with Crippen molar-refractivity contribution < 1.29 is 14.4 Å². The van der Waals surface area contributed by atoms with Gasteiger partial charge in [0, 0.05) is 33.7 Å². The minimum Gasteiger partial charge on any atom is -0.334 e. The minimum absolute atomic E-state index is 0.197. The van der Waals surface area contributed by atoms with Gasteiger partial charge in [0.25, 0.3) is 11.8 Å². The summed E-state index contributed by atoms with van der Waals surface area (Å²) < 4.78 is 0. The molecule has 2 heterocycles. The molecule has 0 saturated carbocycles. The molecule has 0 bridgehead atoms. The van der Waals surface area contributed by atoms with E-state index in [9.17, 15) is 14.4 Å². The van der Waals surface area contributed by atoms with Gasteiger partial charge < -0.3 is 16.4 Å². The molecule has 1 unspecified atom stereocenters. The zero-order valence-corrected chi connectivity index (χ0v) is 23.3. The number of aromatic nitrogens is 1. The normalized spacial score (nSPS) is 13.8. The van der Waals surface area contributed by atoms with Crippen molar-refractivity contribution in [1.82, 2.24) is 10.3 Å².